The van der Waals surface area contributed by atoms with Crippen molar-refractivity contribution in [3.05, 3.63) is 29.2 Å². The van der Waals surface area contributed by atoms with E-state index < -0.39 is 5.82 Å². The maximum absolute atomic E-state index is 13.8. The largest absolute Gasteiger partial charge is 0.390 e. The molecule has 7 nitrogen and oxygen atoms in total. The Morgan fingerprint density at radius 3 is 2.82 bits per heavy atom. The molecule has 1 aliphatic heterocycles. The molecule has 0 spiro atoms. The van der Waals surface area contributed by atoms with Crippen LogP contribution in [0.2, 0.25) is 5.28 Å². The molecule has 1 aromatic rings. The van der Waals surface area contributed by atoms with Crippen LogP contribution in [-0.2, 0) is 0 Å². The van der Waals surface area contributed by atoms with E-state index in [9.17, 15) is 4.39 Å². The summed E-state index contributed by atoms with van der Waals surface area (Å²) < 4.78 is 13.8. The van der Waals surface area contributed by atoms with E-state index in [1.807, 2.05) is 20.8 Å². The molecule has 122 valence electrons. The van der Waals surface area contributed by atoms with Crippen LogP contribution in [0, 0.1) is 11.2 Å². The van der Waals surface area contributed by atoms with Gasteiger partial charge in [-0.1, -0.05) is 20.8 Å². The zero-order valence-corrected chi connectivity index (χ0v) is 13.4. The van der Waals surface area contributed by atoms with E-state index >= 15 is 0 Å². The van der Waals surface area contributed by atoms with Gasteiger partial charge in [0.05, 0.1) is 31.1 Å². The molecule has 0 aromatic carbocycles. The van der Waals surface area contributed by atoms with Crippen LogP contribution in [0.5, 0.6) is 0 Å². The van der Waals surface area contributed by atoms with E-state index in [1.165, 1.54) is 0 Å². The van der Waals surface area contributed by atoms with Crippen molar-refractivity contribution in [1.82, 2.24) is 25.9 Å². The summed E-state index contributed by atoms with van der Waals surface area (Å²) in [5.74, 6) is -0.490. The lowest BCUT2D eigenvalue weighted by molar-refractivity contribution is 0.207. The molecule has 1 aromatic heterocycles. The number of aliphatic hydroxyl groups excluding tert-OH is 1. The van der Waals surface area contributed by atoms with Gasteiger partial charge in [-0.25, -0.2) is 9.37 Å². The van der Waals surface area contributed by atoms with E-state index in [4.69, 9.17) is 16.7 Å². The number of aromatic nitrogens is 2. The van der Waals surface area contributed by atoms with E-state index in [0.29, 0.717) is 12.2 Å². The third-order valence-electron chi connectivity index (χ3n) is 3.29. The molecule has 0 amide bonds. The molecular formula is C13H20ClFN6O. The Hall–Kier alpha value is -1.64. The molecule has 9 heteroatoms. The monoisotopic (exact) mass is 330 g/mol. The van der Waals surface area contributed by atoms with Crippen LogP contribution >= 0.6 is 11.6 Å². The minimum Gasteiger partial charge on any atom is -0.390 e. The highest BCUT2D eigenvalue weighted by atomic mass is 35.5. The predicted octanol–water partition coefficient (Wildman–Crippen LogP) is 1.25. The number of rotatable bonds is 5. The number of hydrogen-bond acceptors (Lipinski definition) is 7. The molecule has 1 atom stereocenters. The molecule has 0 bridgehead atoms. The van der Waals surface area contributed by atoms with Gasteiger partial charge in [0.2, 0.25) is 5.28 Å². The lowest BCUT2D eigenvalue weighted by Crippen LogP contribution is -2.48. The molecule has 0 saturated heterocycles. The predicted molar refractivity (Wildman–Crippen MR) is 82.0 cm³/mol. The first kappa shape index (κ1) is 16.7. The van der Waals surface area contributed by atoms with Crippen LogP contribution in [0.4, 0.5) is 10.2 Å². The Labute approximate surface area is 133 Å². The summed E-state index contributed by atoms with van der Waals surface area (Å²) in [4.78, 5) is 7.49. The Balaban J connectivity index is 2.14. The van der Waals surface area contributed by atoms with Crippen LogP contribution in [0.15, 0.2) is 18.1 Å². The molecule has 1 aliphatic rings. The number of halogens is 2. The van der Waals surface area contributed by atoms with Crippen molar-refractivity contribution in [3.8, 4) is 0 Å². The average Bonchev–Trinajstić information content (AvgIpc) is 2.89. The van der Waals surface area contributed by atoms with Gasteiger partial charge < -0.3 is 15.8 Å². The summed E-state index contributed by atoms with van der Waals surface area (Å²) in [7, 11) is 0. The molecule has 2 heterocycles. The fraction of sp³-hybridized carbons (Fsp3) is 0.538. The minimum atomic E-state index is -0.558. The second-order valence-electron chi connectivity index (χ2n) is 6.10. The SMILES string of the molecule is CC(C)(C)[C@@H](CN1C=C(CO)NN1)Nc1nc(Cl)ncc1F. The van der Waals surface area contributed by atoms with Crippen LogP contribution < -0.4 is 16.3 Å². The Morgan fingerprint density at radius 1 is 1.50 bits per heavy atom. The second-order valence-corrected chi connectivity index (χ2v) is 6.44. The third kappa shape index (κ3) is 4.19. The standard InChI is InChI=1S/C13H20ClFN6O/c1-13(2,3)10(6-21-5-8(7-22)19-20-21)17-11-9(15)4-16-12(14)18-11/h4-5,10,19-20,22H,6-7H2,1-3H3,(H,16,17,18)/t10-/m1/s1. The first-order valence-electron chi connectivity index (χ1n) is 6.84. The van der Waals surface area contributed by atoms with Crippen molar-refractivity contribution >= 4 is 17.4 Å². The summed E-state index contributed by atoms with van der Waals surface area (Å²) in [6, 6.07) is -0.142. The zero-order valence-electron chi connectivity index (χ0n) is 12.7. The fourth-order valence-corrected chi connectivity index (χ4v) is 2.05. The zero-order chi connectivity index (χ0) is 16.3. The van der Waals surface area contributed by atoms with Gasteiger partial charge >= 0.3 is 0 Å². The fourth-order valence-electron chi connectivity index (χ4n) is 1.92. The molecule has 0 saturated carbocycles. The van der Waals surface area contributed by atoms with Gasteiger partial charge in [-0.05, 0) is 17.0 Å². The van der Waals surface area contributed by atoms with Gasteiger partial charge in [0.25, 0.3) is 0 Å². The maximum Gasteiger partial charge on any atom is 0.224 e. The molecular weight excluding hydrogens is 311 g/mol. The van der Waals surface area contributed by atoms with E-state index in [2.05, 4.69) is 26.2 Å². The number of aliphatic hydroxyl groups is 1. The summed E-state index contributed by atoms with van der Waals surface area (Å²) in [5, 5.41) is 13.9. The van der Waals surface area contributed by atoms with Crippen LogP contribution in [0.1, 0.15) is 20.8 Å². The van der Waals surface area contributed by atoms with Crippen molar-refractivity contribution in [3.63, 3.8) is 0 Å². The van der Waals surface area contributed by atoms with Crippen molar-refractivity contribution in [2.24, 2.45) is 5.41 Å². The van der Waals surface area contributed by atoms with Gasteiger partial charge in [0, 0.05) is 6.20 Å². The van der Waals surface area contributed by atoms with Crippen LogP contribution in [0.25, 0.3) is 0 Å². The van der Waals surface area contributed by atoms with Gasteiger partial charge in [-0.15, -0.1) is 5.53 Å². The van der Waals surface area contributed by atoms with Crippen molar-refractivity contribution in [2.75, 3.05) is 18.5 Å². The summed E-state index contributed by atoms with van der Waals surface area (Å²) in [5.41, 5.74) is 6.22. The first-order chi connectivity index (χ1) is 10.3. The smallest absolute Gasteiger partial charge is 0.224 e. The van der Waals surface area contributed by atoms with Gasteiger partial charge in [0.15, 0.2) is 11.6 Å². The Morgan fingerprint density at radius 2 is 2.23 bits per heavy atom. The third-order valence-corrected chi connectivity index (χ3v) is 3.47. The summed E-state index contributed by atoms with van der Waals surface area (Å²) >= 11 is 5.72. The number of hydrogen-bond donors (Lipinski definition) is 4. The molecule has 0 aliphatic carbocycles. The lowest BCUT2D eigenvalue weighted by Gasteiger charge is -2.34. The van der Waals surface area contributed by atoms with Crippen molar-refractivity contribution in [2.45, 2.75) is 26.8 Å². The average molecular weight is 331 g/mol. The molecule has 0 fully saturated rings. The highest BCUT2D eigenvalue weighted by molar-refractivity contribution is 6.28. The quantitative estimate of drug-likeness (QED) is 0.605. The first-order valence-corrected chi connectivity index (χ1v) is 7.22. The molecule has 0 unspecified atom stereocenters. The summed E-state index contributed by atoms with van der Waals surface area (Å²) in [6.45, 7) is 6.52. The van der Waals surface area contributed by atoms with Crippen LogP contribution in [-0.4, -0.2) is 39.3 Å². The topological polar surface area (TPSA) is 85.3 Å². The maximum atomic E-state index is 13.8. The number of anilines is 1. The van der Waals surface area contributed by atoms with E-state index in [-0.39, 0.29) is 29.2 Å². The Kier molecular flexibility index (Phi) is 5.05. The van der Waals surface area contributed by atoms with Gasteiger partial charge in [0.1, 0.15) is 0 Å². The highest BCUT2D eigenvalue weighted by Crippen LogP contribution is 2.25. The van der Waals surface area contributed by atoms with Gasteiger partial charge in [-0.2, -0.15) is 4.98 Å². The van der Waals surface area contributed by atoms with Crippen LogP contribution in [0.3, 0.4) is 0 Å². The Bertz CT molecular complexity index is 562. The second kappa shape index (κ2) is 6.64. The van der Waals surface area contributed by atoms with Crippen molar-refractivity contribution in [1.29, 1.82) is 0 Å². The number of nitrogens with zero attached hydrogens (tertiary/aromatic N) is 3. The van der Waals surface area contributed by atoms with E-state index in [1.54, 1.807) is 11.2 Å². The molecule has 4 N–H and O–H groups in total. The van der Waals surface area contributed by atoms with Gasteiger partial charge in [-0.3, -0.25) is 5.01 Å². The van der Waals surface area contributed by atoms with Crippen molar-refractivity contribution < 1.29 is 9.50 Å². The molecule has 22 heavy (non-hydrogen) atoms. The molecule has 2 rings (SSSR count). The minimum absolute atomic E-state index is 0.0139. The number of hydrazine groups is 2. The normalized spacial score (nSPS) is 16.3. The highest BCUT2D eigenvalue weighted by Gasteiger charge is 2.28. The lowest BCUT2D eigenvalue weighted by atomic mass is 9.86. The van der Waals surface area contributed by atoms with E-state index in [0.717, 1.165) is 6.20 Å². The molecule has 0 radical (unpaired) electrons. The summed E-state index contributed by atoms with van der Waals surface area (Å²) in [6.07, 6.45) is 2.79. The number of nitrogens with one attached hydrogen (secondary N) is 3.